The number of rotatable bonds is 2. The van der Waals surface area contributed by atoms with E-state index < -0.39 is 5.97 Å². The Morgan fingerprint density at radius 1 is 1.05 bits per heavy atom. The molecule has 4 N–H and O–H groups in total. The topological polar surface area (TPSA) is 81.6 Å². The highest BCUT2D eigenvalue weighted by atomic mass is 35.5. The van der Waals surface area contributed by atoms with Gasteiger partial charge < -0.3 is 20.8 Å². The Morgan fingerprint density at radius 3 is 1.74 bits per heavy atom. The van der Waals surface area contributed by atoms with E-state index in [0.717, 1.165) is 51.9 Å². The van der Waals surface area contributed by atoms with Gasteiger partial charge in [0, 0.05) is 0 Å². The molecule has 0 aromatic rings. The van der Waals surface area contributed by atoms with E-state index in [2.05, 4.69) is 10.6 Å². The smallest absolute Gasteiger partial charge is 0.306 e. The van der Waals surface area contributed by atoms with E-state index in [-0.39, 0.29) is 24.4 Å². The van der Waals surface area contributed by atoms with Gasteiger partial charge >= 0.3 is 5.97 Å². The molecule has 1 unspecified atom stereocenters. The molecule has 5 nitrogen and oxygen atoms in total. The first-order chi connectivity index (χ1) is 8.61. The molecule has 0 amide bonds. The van der Waals surface area contributed by atoms with Gasteiger partial charge in [-0.15, -0.1) is 12.4 Å². The summed E-state index contributed by atoms with van der Waals surface area (Å²) in [4.78, 5) is 10.3. The maximum atomic E-state index is 10.3. The molecule has 0 saturated carbocycles. The van der Waals surface area contributed by atoms with Crippen molar-refractivity contribution in [2.45, 2.75) is 38.7 Å². The van der Waals surface area contributed by atoms with Crippen LogP contribution in [0.1, 0.15) is 32.6 Å². The lowest BCUT2D eigenvalue weighted by atomic mass is 9.93. The number of halogens is 1. The maximum Gasteiger partial charge on any atom is 0.306 e. The number of piperidine rings is 2. The van der Waals surface area contributed by atoms with Gasteiger partial charge in [0.25, 0.3) is 0 Å². The summed E-state index contributed by atoms with van der Waals surface area (Å²) in [6, 6.07) is 0. The number of hydrogen-bond donors (Lipinski definition) is 4. The van der Waals surface area contributed by atoms with Gasteiger partial charge in [-0.25, -0.2) is 0 Å². The molecule has 114 valence electrons. The third-order valence-corrected chi connectivity index (χ3v) is 3.75. The summed E-state index contributed by atoms with van der Waals surface area (Å²) in [6.45, 7) is 5.76. The minimum absolute atomic E-state index is 0. The van der Waals surface area contributed by atoms with Gasteiger partial charge in [-0.3, -0.25) is 4.79 Å². The van der Waals surface area contributed by atoms with E-state index in [1.807, 2.05) is 6.92 Å². The molecule has 0 aromatic carbocycles. The second-order valence-corrected chi connectivity index (χ2v) is 5.19. The molecular formula is C13H27ClN2O3. The number of hydrogen-bond acceptors (Lipinski definition) is 4. The van der Waals surface area contributed by atoms with Crippen molar-refractivity contribution in [3.63, 3.8) is 0 Å². The molecule has 0 aromatic heterocycles. The van der Waals surface area contributed by atoms with E-state index in [0.29, 0.717) is 5.92 Å². The molecule has 0 aliphatic carbocycles. The van der Waals surface area contributed by atoms with Crippen LogP contribution in [-0.4, -0.2) is 48.5 Å². The average Bonchev–Trinajstić information content (AvgIpc) is 2.41. The zero-order valence-electron chi connectivity index (χ0n) is 11.6. The molecule has 0 bridgehead atoms. The number of carbonyl (C=O) groups is 1. The van der Waals surface area contributed by atoms with Crippen LogP contribution in [0.2, 0.25) is 0 Å². The standard InChI is InChI=1S/C7H15NO.C6H11NO2.ClH/c1-6(9)7-2-4-8-5-3-7;8-6(9)5-1-3-7-4-2-5;/h6-9H,2-5H2,1H3;5,7H,1-4H2,(H,8,9);1H. The number of nitrogens with one attached hydrogen (secondary N) is 2. The van der Waals surface area contributed by atoms with Crippen molar-refractivity contribution in [3.8, 4) is 0 Å². The first-order valence-corrected chi connectivity index (χ1v) is 6.93. The minimum Gasteiger partial charge on any atom is -0.481 e. The molecule has 2 rings (SSSR count). The summed E-state index contributed by atoms with van der Waals surface area (Å²) in [5, 5.41) is 24.0. The number of carboxylic acids is 1. The first-order valence-electron chi connectivity index (χ1n) is 6.93. The molecule has 1 atom stereocenters. The summed E-state index contributed by atoms with van der Waals surface area (Å²) in [5.41, 5.74) is 0. The van der Waals surface area contributed by atoms with E-state index >= 15 is 0 Å². The molecule has 2 aliphatic heterocycles. The Hall–Kier alpha value is -0.360. The molecule has 2 saturated heterocycles. The Bertz CT molecular complexity index is 240. The predicted octanol–water partition coefficient (Wildman–Crippen LogP) is 0.859. The van der Waals surface area contributed by atoms with Gasteiger partial charge in [-0.05, 0) is 64.7 Å². The van der Waals surface area contributed by atoms with Crippen molar-refractivity contribution < 1.29 is 15.0 Å². The van der Waals surface area contributed by atoms with Crippen molar-refractivity contribution in [2.24, 2.45) is 11.8 Å². The highest BCUT2D eigenvalue weighted by molar-refractivity contribution is 5.85. The van der Waals surface area contributed by atoms with Gasteiger partial charge in [-0.1, -0.05) is 0 Å². The molecule has 6 heteroatoms. The Balaban J connectivity index is 0.000000324. The lowest BCUT2D eigenvalue weighted by Crippen LogP contribution is -2.32. The number of aliphatic hydroxyl groups excluding tert-OH is 1. The van der Waals surface area contributed by atoms with Crippen LogP contribution >= 0.6 is 12.4 Å². The van der Waals surface area contributed by atoms with Crippen molar-refractivity contribution >= 4 is 18.4 Å². The normalized spacial score (nSPS) is 22.6. The molecule has 2 fully saturated rings. The maximum absolute atomic E-state index is 10.3. The van der Waals surface area contributed by atoms with Crippen LogP contribution in [0.3, 0.4) is 0 Å². The third-order valence-electron chi connectivity index (χ3n) is 3.75. The Kier molecular flexibility index (Phi) is 10.2. The van der Waals surface area contributed by atoms with E-state index in [9.17, 15) is 4.79 Å². The molecule has 0 radical (unpaired) electrons. The fourth-order valence-electron chi connectivity index (χ4n) is 2.40. The molecule has 19 heavy (non-hydrogen) atoms. The lowest BCUT2D eigenvalue weighted by Gasteiger charge is -2.24. The van der Waals surface area contributed by atoms with Crippen molar-refractivity contribution in [1.29, 1.82) is 0 Å². The predicted molar refractivity (Wildman–Crippen MR) is 77.8 cm³/mol. The average molecular weight is 295 g/mol. The Morgan fingerprint density at radius 2 is 1.47 bits per heavy atom. The van der Waals surface area contributed by atoms with Gasteiger partial charge in [-0.2, -0.15) is 0 Å². The number of aliphatic carboxylic acids is 1. The molecule has 2 aliphatic rings. The lowest BCUT2D eigenvalue weighted by molar-refractivity contribution is -0.142. The van der Waals surface area contributed by atoms with Crippen LogP contribution in [0, 0.1) is 11.8 Å². The van der Waals surface area contributed by atoms with E-state index in [1.54, 1.807) is 0 Å². The van der Waals surface area contributed by atoms with Gasteiger partial charge in [0.1, 0.15) is 0 Å². The van der Waals surface area contributed by atoms with Gasteiger partial charge in [0.2, 0.25) is 0 Å². The molecular weight excluding hydrogens is 268 g/mol. The fourth-order valence-corrected chi connectivity index (χ4v) is 2.40. The summed E-state index contributed by atoms with van der Waals surface area (Å²) in [6.07, 6.45) is 3.74. The second-order valence-electron chi connectivity index (χ2n) is 5.19. The highest BCUT2D eigenvalue weighted by Gasteiger charge is 2.19. The minimum atomic E-state index is -0.642. The van der Waals surface area contributed by atoms with Crippen LogP contribution < -0.4 is 10.6 Å². The van der Waals surface area contributed by atoms with Crippen LogP contribution in [0.4, 0.5) is 0 Å². The largest absolute Gasteiger partial charge is 0.481 e. The van der Waals surface area contributed by atoms with E-state index in [4.69, 9.17) is 10.2 Å². The quantitative estimate of drug-likeness (QED) is 0.607. The summed E-state index contributed by atoms with van der Waals surface area (Å²) in [5.74, 6) is -0.186. The summed E-state index contributed by atoms with van der Waals surface area (Å²) >= 11 is 0. The van der Waals surface area contributed by atoms with Crippen LogP contribution in [0.25, 0.3) is 0 Å². The van der Waals surface area contributed by atoms with Gasteiger partial charge in [0.05, 0.1) is 12.0 Å². The summed E-state index contributed by atoms with van der Waals surface area (Å²) in [7, 11) is 0. The third kappa shape index (κ3) is 7.72. The zero-order valence-corrected chi connectivity index (χ0v) is 12.4. The number of aliphatic hydroxyl groups is 1. The van der Waals surface area contributed by atoms with E-state index in [1.165, 1.54) is 0 Å². The van der Waals surface area contributed by atoms with Crippen LogP contribution in [0.5, 0.6) is 0 Å². The first kappa shape index (κ1) is 18.6. The monoisotopic (exact) mass is 294 g/mol. The number of carboxylic acid groups (broad SMARTS) is 1. The SMILES string of the molecule is CC(O)C1CCNCC1.Cl.O=C(O)C1CCNCC1. The zero-order chi connectivity index (χ0) is 13.4. The molecule has 2 heterocycles. The molecule has 0 spiro atoms. The van der Waals surface area contributed by atoms with Crippen molar-refractivity contribution in [1.82, 2.24) is 10.6 Å². The summed E-state index contributed by atoms with van der Waals surface area (Å²) < 4.78 is 0. The fraction of sp³-hybridized carbons (Fsp3) is 0.923. The van der Waals surface area contributed by atoms with Crippen molar-refractivity contribution in [2.75, 3.05) is 26.2 Å². The van der Waals surface area contributed by atoms with Crippen LogP contribution in [-0.2, 0) is 4.79 Å². The second kappa shape index (κ2) is 10.4. The van der Waals surface area contributed by atoms with Gasteiger partial charge in [0.15, 0.2) is 0 Å². The van der Waals surface area contributed by atoms with Crippen molar-refractivity contribution in [3.05, 3.63) is 0 Å². The van der Waals surface area contributed by atoms with Crippen LogP contribution in [0.15, 0.2) is 0 Å². The highest BCUT2D eigenvalue weighted by Crippen LogP contribution is 2.15. The Labute approximate surface area is 121 Å².